The summed E-state index contributed by atoms with van der Waals surface area (Å²) >= 11 is 3.57. The van der Waals surface area contributed by atoms with Gasteiger partial charge in [0.25, 0.3) is 0 Å². The van der Waals surface area contributed by atoms with Gasteiger partial charge in [-0.15, -0.1) is 0 Å². The molecule has 0 aromatic heterocycles. The number of halogens is 1. The monoisotopic (exact) mass is 579 g/mol. The maximum atomic E-state index is 9.44. The van der Waals surface area contributed by atoms with Gasteiger partial charge in [0.2, 0.25) is 0 Å². The Kier molecular flexibility index (Phi) is 10.3. The van der Waals surface area contributed by atoms with Crippen molar-refractivity contribution in [3.63, 3.8) is 0 Å². The average molecular weight is 581 g/mol. The number of allylic oxidation sites excluding steroid dienone is 2. The molecular formula is C26H32BrN2O4S2-. The summed E-state index contributed by atoms with van der Waals surface area (Å²) in [6, 6.07) is 12.3. The Labute approximate surface area is 226 Å². The summed E-state index contributed by atoms with van der Waals surface area (Å²) in [5.41, 5.74) is 3.44. The van der Waals surface area contributed by atoms with Crippen molar-refractivity contribution in [2.45, 2.75) is 34.9 Å². The van der Waals surface area contributed by atoms with E-state index in [0.717, 1.165) is 41.0 Å². The Morgan fingerprint density at radius 1 is 0.943 bits per heavy atom. The maximum Gasteiger partial charge on any atom is 0.121 e. The fraction of sp³-hybridized carbons (Fsp3) is 0.385. The van der Waals surface area contributed by atoms with Crippen molar-refractivity contribution in [1.82, 2.24) is 0 Å². The number of aliphatic hydroxyl groups is 2. The zero-order chi connectivity index (χ0) is 24.1. The van der Waals surface area contributed by atoms with E-state index in [1.807, 2.05) is 23.9 Å². The van der Waals surface area contributed by atoms with Crippen LogP contribution in [-0.2, 0) is 0 Å². The smallest absolute Gasteiger partial charge is 0.121 e. The Balaban J connectivity index is 0.00000342. The van der Waals surface area contributed by atoms with Gasteiger partial charge in [0.05, 0.1) is 36.0 Å². The first kappa shape index (κ1) is 27.8. The van der Waals surface area contributed by atoms with Crippen LogP contribution in [0.1, 0.15) is 19.8 Å². The third kappa shape index (κ3) is 6.32. The van der Waals surface area contributed by atoms with Crippen LogP contribution >= 0.6 is 23.5 Å². The van der Waals surface area contributed by atoms with Gasteiger partial charge in [0.1, 0.15) is 11.5 Å². The van der Waals surface area contributed by atoms with Crippen LogP contribution in [0, 0.1) is 0 Å². The molecule has 2 N–H and O–H groups in total. The predicted molar refractivity (Wildman–Crippen MR) is 141 cm³/mol. The van der Waals surface area contributed by atoms with Gasteiger partial charge in [-0.2, -0.15) is 0 Å². The molecule has 4 rings (SSSR count). The van der Waals surface area contributed by atoms with Gasteiger partial charge in [0.15, 0.2) is 0 Å². The van der Waals surface area contributed by atoms with Crippen molar-refractivity contribution in [3.8, 4) is 11.5 Å². The third-order valence-corrected chi connectivity index (χ3v) is 8.17. The highest BCUT2D eigenvalue weighted by Crippen LogP contribution is 2.49. The van der Waals surface area contributed by atoms with Crippen molar-refractivity contribution in [2.75, 3.05) is 50.3 Å². The van der Waals surface area contributed by atoms with Crippen LogP contribution in [0.3, 0.4) is 0 Å². The second-order valence-corrected chi connectivity index (χ2v) is 10.4. The topological polar surface area (TPSA) is 65.4 Å². The number of nitrogens with zero attached hydrogens (tertiary/aromatic N) is 2. The fourth-order valence-electron chi connectivity index (χ4n) is 4.13. The first-order chi connectivity index (χ1) is 16.6. The van der Waals surface area contributed by atoms with Gasteiger partial charge in [0, 0.05) is 48.2 Å². The molecular weight excluding hydrogens is 548 g/mol. The van der Waals surface area contributed by atoms with E-state index in [1.165, 1.54) is 15.4 Å². The number of thioether (sulfide) groups is 2. The molecule has 35 heavy (non-hydrogen) atoms. The lowest BCUT2D eigenvalue weighted by Gasteiger charge is -2.25. The molecule has 0 saturated heterocycles. The quantitative estimate of drug-likeness (QED) is 0.444. The lowest BCUT2D eigenvalue weighted by molar-refractivity contribution is -0.00000958. The van der Waals surface area contributed by atoms with Crippen molar-refractivity contribution in [3.05, 3.63) is 59.2 Å². The largest absolute Gasteiger partial charge is 1.00 e. The first-order valence-corrected chi connectivity index (χ1v) is 13.1. The highest BCUT2D eigenvalue weighted by Gasteiger charge is 2.29. The summed E-state index contributed by atoms with van der Waals surface area (Å²) in [4.78, 5) is 7.02. The van der Waals surface area contributed by atoms with Crippen molar-refractivity contribution in [1.29, 1.82) is 0 Å². The minimum Gasteiger partial charge on any atom is -1.00 e. The normalized spacial score (nSPS) is 17.9. The van der Waals surface area contributed by atoms with Gasteiger partial charge < -0.3 is 46.5 Å². The average Bonchev–Trinajstić information content (AvgIpc) is 3.36. The highest BCUT2D eigenvalue weighted by atomic mass is 79.9. The minimum absolute atomic E-state index is 0. The molecule has 0 bridgehead atoms. The second kappa shape index (κ2) is 13.0. The molecule has 9 heteroatoms. The van der Waals surface area contributed by atoms with Crippen LogP contribution in [0.2, 0.25) is 0 Å². The molecule has 2 aliphatic heterocycles. The maximum absolute atomic E-state index is 9.44. The van der Waals surface area contributed by atoms with Gasteiger partial charge in [-0.1, -0.05) is 23.5 Å². The van der Waals surface area contributed by atoms with Crippen LogP contribution < -0.4 is 36.3 Å². The number of anilines is 2. The molecule has 0 saturated carbocycles. The summed E-state index contributed by atoms with van der Waals surface area (Å²) in [6.45, 7) is 3.97. The number of hydrogen-bond acceptors (Lipinski definition) is 8. The lowest BCUT2D eigenvalue weighted by atomic mass is 10.2. The van der Waals surface area contributed by atoms with E-state index in [0.29, 0.717) is 12.8 Å². The molecule has 6 nitrogen and oxygen atoms in total. The molecule has 2 aliphatic rings. The SMILES string of the molecule is COc1ccc2c(c1)N(CCCO)C(=CC(C)=CC1Sc3ccc(OC)cc3N1CCCO)S2.[Br-]. The molecule has 2 heterocycles. The van der Waals surface area contributed by atoms with E-state index >= 15 is 0 Å². The van der Waals surface area contributed by atoms with Crippen LogP contribution in [0.25, 0.3) is 0 Å². The highest BCUT2D eigenvalue weighted by molar-refractivity contribution is 8.03. The minimum atomic E-state index is 0. The molecule has 0 amide bonds. The van der Waals surface area contributed by atoms with Gasteiger partial charge in [-0.25, -0.2) is 0 Å². The summed E-state index contributed by atoms with van der Waals surface area (Å²) in [6.07, 6.45) is 5.92. The second-order valence-electron chi connectivity index (χ2n) is 8.17. The number of hydrogen-bond donors (Lipinski definition) is 2. The fourth-order valence-corrected chi connectivity index (χ4v) is 6.65. The molecule has 190 valence electrons. The first-order valence-electron chi connectivity index (χ1n) is 11.4. The molecule has 1 atom stereocenters. The van der Waals surface area contributed by atoms with E-state index in [1.54, 1.807) is 26.0 Å². The number of methoxy groups -OCH3 is 2. The van der Waals surface area contributed by atoms with E-state index in [-0.39, 0.29) is 35.6 Å². The van der Waals surface area contributed by atoms with Crippen LogP contribution in [0.5, 0.6) is 11.5 Å². The Morgan fingerprint density at radius 2 is 1.57 bits per heavy atom. The van der Waals surface area contributed by atoms with Gasteiger partial charge in [-0.05, 0) is 61.8 Å². The van der Waals surface area contributed by atoms with E-state index in [2.05, 4.69) is 53.1 Å². The Hall–Kier alpha value is -1.78. The van der Waals surface area contributed by atoms with Crippen LogP contribution in [0.15, 0.2) is 68.9 Å². The van der Waals surface area contributed by atoms with Gasteiger partial charge in [-0.3, -0.25) is 0 Å². The molecule has 0 spiro atoms. The predicted octanol–water partition coefficient (Wildman–Crippen LogP) is 2.11. The van der Waals surface area contributed by atoms with Crippen LogP contribution in [0.4, 0.5) is 11.4 Å². The van der Waals surface area contributed by atoms with Crippen molar-refractivity contribution < 1.29 is 36.7 Å². The van der Waals surface area contributed by atoms with Gasteiger partial charge >= 0.3 is 0 Å². The number of fused-ring (bicyclic) bond motifs is 2. The van der Waals surface area contributed by atoms with Crippen molar-refractivity contribution >= 4 is 34.9 Å². The third-order valence-electron chi connectivity index (χ3n) is 5.82. The summed E-state index contributed by atoms with van der Waals surface area (Å²) < 4.78 is 10.9. The zero-order valence-corrected chi connectivity index (χ0v) is 23.5. The number of rotatable bonds is 10. The van der Waals surface area contributed by atoms with E-state index in [9.17, 15) is 10.2 Å². The molecule has 2 aromatic carbocycles. The number of ether oxygens (including phenoxy) is 2. The Bertz CT molecular complexity index is 1080. The zero-order valence-electron chi connectivity index (χ0n) is 20.2. The van der Waals surface area contributed by atoms with E-state index < -0.39 is 0 Å². The lowest BCUT2D eigenvalue weighted by Crippen LogP contribution is -3.00. The summed E-state index contributed by atoms with van der Waals surface area (Å²) in [5.74, 6) is 1.67. The standard InChI is InChI=1S/C26H32N2O4S2.BrH/c1-18(14-25-27(10-4-12-29)21-16-19(31-2)6-8-23(21)33-25)15-26-28(11-5-13-30)22-17-20(32-3)7-9-24(22)34-26;/h6-9,14-17,25,29-30H,4-5,10-13H2,1-3H3;1H/p-1. The molecule has 1 unspecified atom stereocenters. The summed E-state index contributed by atoms with van der Waals surface area (Å²) in [5, 5.41) is 20.2. The molecule has 0 fully saturated rings. The molecule has 2 aromatic rings. The van der Waals surface area contributed by atoms with E-state index in [4.69, 9.17) is 9.47 Å². The summed E-state index contributed by atoms with van der Waals surface area (Å²) in [7, 11) is 3.37. The molecule has 0 radical (unpaired) electrons. The molecule has 0 aliphatic carbocycles. The number of aliphatic hydroxyl groups excluding tert-OH is 2. The van der Waals surface area contributed by atoms with Crippen molar-refractivity contribution in [2.24, 2.45) is 0 Å². The Morgan fingerprint density at radius 3 is 2.23 bits per heavy atom. The number of benzene rings is 2. The van der Waals surface area contributed by atoms with Crippen LogP contribution in [-0.4, -0.2) is 56.1 Å².